The molecule has 7 heteroatoms. The fourth-order valence-electron chi connectivity index (χ4n) is 4.11. The van der Waals surface area contributed by atoms with Crippen LogP contribution in [0.25, 0.3) is 28.2 Å². The van der Waals surface area contributed by atoms with Gasteiger partial charge in [-0.1, -0.05) is 60.1 Å². The van der Waals surface area contributed by atoms with E-state index in [9.17, 15) is 10.5 Å². The minimum Gasteiger partial charge on any atom is -0.382 e. The van der Waals surface area contributed by atoms with Gasteiger partial charge in [-0.15, -0.1) is 0 Å². The zero-order valence-electron chi connectivity index (χ0n) is 18.6. The largest absolute Gasteiger partial charge is 0.382 e. The van der Waals surface area contributed by atoms with Crippen LogP contribution in [0.4, 0.5) is 5.82 Å². The summed E-state index contributed by atoms with van der Waals surface area (Å²) in [5.41, 5.74) is 10.6. The van der Waals surface area contributed by atoms with Gasteiger partial charge in [-0.25, -0.2) is 4.68 Å². The Balaban J connectivity index is 1.62. The van der Waals surface area contributed by atoms with Crippen LogP contribution in [0.1, 0.15) is 22.4 Å². The summed E-state index contributed by atoms with van der Waals surface area (Å²) in [6.45, 7) is 0.645. The Bertz CT molecular complexity index is 1640. The Morgan fingerprint density at radius 1 is 0.971 bits per heavy atom. The number of nitriles is 2. The second-order valence-corrected chi connectivity index (χ2v) is 8.43. The SMILES string of the molecule is N#CC(=Cc1cn(Cc2ccc(Cl)cc2)c2ccccc12)c1nn(-c2ccccc2)c(N)c1C#N. The number of anilines is 1. The van der Waals surface area contributed by atoms with Crippen molar-refractivity contribution in [2.45, 2.75) is 6.54 Å². The van der Waals surface area contributed by atoms with Crippen molar-refractivity contribution in [3.05, 3.63) is 112 Å². The lowest BCUT2D eigenvalue weighted by Gasteiger charge is -2.05. The predicted octanol–water partition coefficient (Wildman–Crippen LogP) is 6.05. The fraction of sp³-hybridized carbons (Fsp3) is 0.0357. The van der Waals surface area contributed by atoms with Crippen LogP contribution in [-0.2, 0) is 6.54 Å². The van der Waals surface area contributed by atoms with E-state index in [0.717, 1.165) is 22.0 Å². The van der Waals surface area contributed by atoms with E-state index in [0.29, 0.717) is 17.3 Å². The maximum atomic E-state index is 10.0. The molecule has 0 atom stereocenters. The lowest BCUT2D eigenvalue weighted by atomic mass is 10.1. The van der Waals surface area contributed by atoms with E-state index in [1.807, 2.05) is 85.1 Å². The van der Waals surface area contributed by atoms with Crippen molar-refractivity contribution in [2.75, 3.05) is 5.73 Å². The van der Waals surface area contributed by atoms with Crippen molar-refractivity contribution in [3.8, 4) is 17.8 Å². The Morgan fingerprint density at radius 3 is 2.40 bits per heavy atom. The molecule has 0 bridgehead atoms. The number of benzene rings is 3. The molecular weight excluding hydrogens is 456 g/mol. The smallest absolute Gasteiger partial charge is 0.145 e. The molecule has 0 saturated carbocycles. The molecule has 2 aromatic heterocycles. The van der Waals surface area contributed by atoms with Crippen molar-refractivity contribution in [2.24, 2.45) is 0 Å². The number of nitrogens with two attached hydrogens (primary N) is 1. The average Bonchev–Trinajstić information content (AvgIpc) is 3.41. The van der Waals surface area contributed by atoms with E-state index in [1.165, 1.54) is 4.68 Å². The first-order valence-electron chi connectivity index (χ1n) is 10.9. The Kier molecular flexibility index (Phi) is 5.81. The number of nitrogens with zero attached hydrogens (tertiary/aromatic N) is 5. The molecular formula is C28H19ClN6. The summed E-state index contributed by atoms with van der Waals surface area (Å²) in [7, 11) is 0. The summed E-state index contributed by atoms with van der Waals surface area (Å²) in [5, 5.41) is 26.1. The number of fused-ring (bicyclic) bond motifs is 1. The van der Waals surface area contributed by atoms with Crippen molar-refractivity contribution < 1.29 is 0 Å². The normalized spacial score (nSPS) is 11.3. The number of halogens is 1. The highest BCUT2D eigenvalue weighted by molar-refractivity contribution is 6.30. The zero-order chi connectivity index (χ0) is 24.4. The molecule has 0 unspecified atom stereocenters. The molecule has 6 nitrogen and oxygen atoms in total. The van der Waals surface area contributed by atoms with Crippen LogP contribution in [0.5, 0.6) is 0 Å². The number of aromatic nitrogens is 3. The minimum atomic E-state index is 0.173. The lowest BCUT2D eigenvalue weighted by Crippen LogP contribution is -2.02. The number of hydrogen-bond donors (Lipinski definition) is 1. The zero-order valence-corrected chi connectivity index (χ0v) is 19.3. The van der Waals surface area contributed by atoms with Gasteiger partial charge in [-0.2, -0.15) is 15.6 Å². The lowest BCUT2D eigenvalue weighted by molar-refractivity contribution is 0.836. The summed E-state index contributed by atoms with van der Waals surface area (Å²) in [6.07, 6.45) is 3.76. The van der Waals surface area contributed by atoms with E-state index >= 15 is 0 Å². The molecule has 5 aromatic rings. The van der Waals surface area contributed by atoms with E-state index in [2.05, 4.69) is 21.8 Å². The minimum absolute atomic E-state index is 0.173. The Labute approximate surface area is 207 Å². The molecule has 168 valence electrons. The second-order valence-electron chi connectivity index (χ2n) is 7.99. The van der Waals surface area contributed by atoms with Gasteiger partial charge in [0.2, 0.25) is 0 Å². The van der Waals surface area contributed by atoms with Crippen molar-refractivity contribution in [1.29, 1.82) is 10.5 Å². The molecule has 0 aliphatic rings. The molecule has 3 aromatic carbocycles. The third kappa shape index (κ3) is 4.15. The molecule has 0 fully saturated rings. The molecule has 0 amide bonds. The molecule has 0 saturated heterocycles. The molecule has 0 aliphatic heterocycles. The van der Waals surface area contributed by atoms with Gasteiger partial charge in [0.25, 0.3) is 0 Å². The molecule has 0 radical (unpaired) electrons. The number of hydrogen-bond acceptors (Lipinski definition) is 4. The van der Waals surface area contributed by atoms with E-state index in [-0.39, 0.29) is 22.6 Å². The van der Waals surface area contributed by atoms with Crippen LogP contribution in [0, 0.1) is 22.7 Å². The first kappa shape index (κ1) is 22.0. The van der Waals surface area contributed by atoms with Gasteiger partial charge >= 0.3 is 0 Å². The highest BCUT2D eigenvalue weighted by Crippen LogP contribution is 2.30. The molecule has 35 heavy (non-hydrogen) atoms. The summed E-state index contributed by atoms with van der Waals surface area (Å²) in [6, 6.07) is 29.3. The third-order valence-corrected chi connectivity index (χ3v) is 6.05. The summed E-state index contributed by atoms with van der Waals surface area (Å²) in [4.78, 5) is 0. The Hall–Kier alpha value is -4.78. The van der Waals surface area contributed by atoms with Gasteiger partial charge in [0.15, 0.2) is 0 Å². The number of nitrogen functional groups attached to an aromatic ring is 1. The molecule has 5 rings (SSSR count). The average molecular weight is 475 g/mol. The van der Waals surface area contributed by atoms with Crippen LogP contribution in [-0.4, -0.2) is 14.3 Å². The number of para-hydroxylation sites is 2. The standard InChI is InChI=1S/C28H19ClN6/c29-22-12-10-19(11-13-22)17-34-18-21(24-8-4-5-9-26(24)34)14-20(15-30)27-25(16-31)28(32)35(33-27)23-6-2-1-3-7-23/h1-14,18H,17,32H2. The van der Waals surface area contributed by atoms with Gasteiger partial charge in [0.05, 0.1) is 11.3 Å². The van der Waals surface area contributed by atoms with Gasteiger partial charge in [0.1, 0.15) is 29.2 Å². The van der Waals surface area contributed by atoms with E-state index in [1.54, 1.807) is 6.08 Å². The van der Waals surface area contributed by atoms with Crippen LogP contribution >= 0.6 is 11.6 Å². The Morgan fingerprint density at radius 2 is 1.69 bits per heavy atom. The predicted molar refractivity (Wildman–Crippen MR) is 139 cm³/mol. The third-order valence-electron chi connectivity index (χ3n) is 5.79. The van der Waals surface area contributed by atoms with Crippen molar-refractivity contribution in [3.63, 3.8) is 0 Å². The van der Waals surface area contributed by atoms with Crippen molar-refractivity contribution in [1.82, 2.24) is 14.3 Å². The number of allylic oxidation sites excluding steroid dienone is 1. The van der Waals surface area contributed by atoms with Crippen LogP contribution in [0.2, 0.25) is 5.02 Å². The quantitative estimate of drug-likeness (QED) is 0.314. The van der Waals surface area contributed by atoms with Crippen LogP contribution in [0.15, 0.2) is 85.1 Å². The first-order chi connectivity index (χ1) is 17.1. The molecule has 2 heterocycles. The van der Waals surface area contributed by atoms with Gasteiger partial charge in [-0.3, -0.25) is 0 Å². The first-order valence-corrected chi connectivity index (χ1v) is 11.3. The summed E-state index contributed by atoms with van der Waals surface area (Å²) >= 11 is 6.04. The number of rotatable bonds is 5. The van der Waals surface area contributed by atoms with Crippen LogP contribution in [0.3, 0.4) is 0 Å². The van der Waals surface area contributed by atoms with E-state index < -0.39 is 0 Å². The van der Waals surface area contributed by atoms with Gasteiger partial charge in [-0.05, 0) is 42.0 Å². The molecule has 0 aliphatic carbocycles. The monoisotopic (exact) mass is 474 g/mol. The maximum absolute atomic E-state index is 10.0. The van der Waals surface area contributed by atoms with Gasteiger partial charge < -0.3 is 10.3 Å². The highest BCUT2D eigenvalue weighted by atomic mass is 35.5. The second kappa shape index (κ2) is 9.23. The highest BCUT2D eigenvalue weighted by Gasteiger charge is 2.20. The van der Waals surface area contributed by atoms with Crippen LogP contribution < -0.4 is 5.73 Å². The molecule has 2 N–H and O–H groups in total. The van der Waals surface area contributed by atoms with Crippen molar-refractivity contribution >= 4 is 40.0 Å². The van der Waals surface area contributed by atoms with E-state index in [4.69, 9.17) is 17.3 Å². The summed E-state index contributed by atoms with van der Waals surface area (Å²) < 4.78 is 3.62. The fourth-order valence-corrected chi connectivity index (χ4v) is 4.24. The topological polar surface area (TPSA) is 96.3 Å². The van der Waals surface area contributed by atoms with Gasteiger partial charge in [0, 0.05) is 34.2 Å². The molecule has 0 spiro atoms. The summed E-state index contributed by atoms with van der Waals surface area (Å²) in [5.74, 6) is 0.194. The maximum Gasteiger partial charge on any atom is 0.145 e.